The summed E-state index contributed by atoms with van der Waals surface area (Å²) < 4.78 is 21.8. The Hall–Kier alpha value is -2.89. The molecule has 0 saturated heterocycles. The fraction of sp³-hybridized carbons (Fsp3) is 0.381. The second kappa shape index (κ2) is 10.3. The minimum Gasteiger partial charge on any atom is -0.493 e. The van der Waals surface area contributed by atoms with Gasteiger partial charge in [-0.15, -0.1) is 0 Å². The van der Waals surface area contributed by atoms with Crippen LogP contribution >= 0.6 is 0 Å². The Kier molecular flexibility index (Phi) is 7.79. The number of nitrogens with one attached hydrogen (secondary N) is 1. The molecule has 0 bridgehead atoms. The standard InChI is InChI=1S/C21H27NO5/c1-5-11-27-18-9-7-15(12-19(18)24-3)14-22-21(23)16-8-10-17(26-6-2)20(13-16)25-4/h7-10,12-13H,5-6,11,14H2,1-4H3,(H,22,23). The van der Waals surface area contributed by atoms with E-state index in [2.05, 4.69) is 5.32 Å². The summed E-state index contributed by atoms with van der Waals surface area (Å²) in [7, 11) is 3.15. The molecule has 0 atom stereocenters. The summed E-state index contributed by atoms with van der Waals surface area (Å²) in [4.78, 5) is 12.5. The maximum Gasteiger partial charge on any atom is 0.251 e. The number of rotatable bonds is 10. The van der Waals surface area contributed by atoms with Crippen molar-refractivity contribution < 1.29 is 23.7 Å². The van der Waals surface area contributed by atoms with E-state index in [1.165, 1.54) is 0 Å². The Balaban J connectivity index is 2.04. The molecule has 0 aromatic heterocycles. The lowest BCUT2D eigenvalue weighted by Gasteiger charge is -2.13. The first-order valence-electron chi connectivity index (χ1n) is 9.01. The van der Waals surface area contributed by atoms with Crippen molar-refractivity contribution in [1.29, 1.82) is 0 Å². The van der Waals surface area contributed by atoms with Crippen LogP contribution in [0.2, 0.25) is 0 Å². The quantitative estimate of drug-likeness (QED) is 0.686. The van der Waals surface area contributed by atoms with Gasteiger partial charge in [-0.25, -0.2) is 0 Å². The third-order valence-corrected chi connectivity index (χ3v) is 3.87. The average Bonchev–Trinajstić information content (AvgIpc) is 2.71. The second-order valence-corrected chi connectivity index (χ2v) is 5.82. The Bertz CT molecular complexity index is 760. The van der Waals surface area contributed by atoms with E-state index in [0.717, 1.165) is 12.0 Å². The monoisotopic (exact) mass is 373 g/mol. The number of ether oxygens (including phenoxy) is 4. The highest BCUT2D eigenvalue weighted by Gasteiger charge is 2.12. The van der Waals surface area contributed by atoms with Crippen molar-refractivity contribution in [1.82, 2.24) is 5.32 Å². The zero-order valence-electron chi connectivity index (χ0n) is 16.3. The molecule has 0 fully saturated rings. The Labute approximate surface area is 160 Å². The molecule has 0 unspecified atom stereocenters. The first kappa shape index (κ1) is 20.4. The molecular weight excluding hydrogens is 346 g/mol. The van der Waals surface area contributed by atoms with Gasteiger partial charge in [0.1, 0.15) is 0 Å². The normalized spacial score (nSPS) is 10.2. The maximum absolute atomic E-state index is 12.5. The van der Waals surface area contributed by atoms with Crippen LogP contribution in [0.3, 0.4) is 0 Å². The fourth-order valence-electron chi connectivity index (χ4n) is 2.52. The summed E-state index contributed by atoms with van der Waals surface area (Å²) in [6.07, 6.45) is 0.923. The number of hydrogen-bond donors (Lipinski definition) is 1. The van der Waals surface area contributed by atoms with E-state index >= 15 is 0 Å². The van der Waals surface area contributed by atoms with E-state index in [9.17, 15) is 4.79 Å². The van der Waals surface area contributed by atoms with Crippen LogP contribution in [0.25, 0.3) is 0 Å². The van der Waals surface area contributed by atoms with Gasteiger partial charge in [0.15, 0.2) is 23.0 Å². The number of benzene rings is 2. The molecule has 0 heterocycles. The van der Waals surface area contributed by atoms with Crippen molar-refractivity contribution in [2.45, 2.75) is 26.8 Å². The first-order chi connectivity index (χ1) is 13.1. The number of hydrogen-bond acceptors (Lipinski definition) is 5. The number of carbonyl (C=O) groups excluding carboxylic acids is 1. The molecular formula is C21H27NO5. The van der Waals surface area contributed by atoms with Gasteiger partial charge in [-0.3, -0.25) is 4.79 Å². The summed E-state index contributed by atoms with van der Waals surface area (Å²) >= 11 is 0. The van der Waals surface area contributed by atoms with Crippen molar-refractivity contribution >= 4 is 5.91 Å². The SMILES string of the molecule is CCCOc1ccc(CNC(=O)c2ccc(OCC)c(OC)c2)cc1OC. The Morgan fingerprint density at radius 1 is 0.889 bits per heavy atom. The van der Waals surface area contributed by atoms with Crippen LogP contribution in [-0.2, 0) is 6.54 Å². The molecule has 6 heteroatoms. The summed E-state index contributed by atoms with van der Waals surface area (Å²) in [6, 6.07) is 10.8. The van der Waals surface area contributed by atoms with Gasteiger partial charge in [0.2, 0.25) is 0 Å². The fourth-order valence-corrected chi connectivity index (χ4v) is 2.52. The topological polar surface area (TPSA) is 66.0 Å². The lowest BCUT2D eigenvalue weighted by Crippen LogP contribution is -2.22. The molecule has 146 valence electrons. The zero-order chi connectivity index (χ0) is 19.6. The van der Waals surface area contributed by atoms with Crippen LogP contribution in [0.4, 0.5) is 0 Å². The van der Waals surface area contributed by atoms with E-state index in [1.54, 1.807) is 32.4 Å². The lowest BCUT2D eigenvalue weighted by molar-refractivity contribution is 0.0950. The van der Waals surface area contributed by atoms with Gasteiger partial charge in [0, 0.05) is 12.1 Å². The predicted molar refractivity (Wildman–Crippen MR) is 104 cm³/mol. The van der Waals surface area contributed by atoms with E-state index in [-0.39, 0.29) is 5.91 Å². The molecule has 2 rings (SSSR count). The van der Waals surface area contributed by atoms with Crippen LogP contribution < -0.4 is 24.3 Å². The molecule has 6 nitrogen and oxygen atoms in total. The first-order valence-corrected chi connectivity index (χ1v) is 9.01. The number of carbonyl (C=O) groups is 1. The van der Waals surface area contributed by atoms with Gasteiger partial charge < -0.3 is 24.3 Å². The van der Waals surface area contributed by atoms with E-state index in [0.29, 0.717) is 48.3 Å². The minimum atomic E-state index is -0.193. The van der Waals surface area contributed by atoms with Crippen LogP contribution in [0.1, 0.15) is 36.2 Å². The molecule has 1 amide bonds. The summed E-state index contributed by atoms with van der Waals surface area (Å²) in [6.45, 7) is 5.48. The van der Waals surface area contributed by atoms with E-state index in [1.807, 2.05) is 32.0 Å². The largest absolute Gasteiger partial charge is 0.493 e. The lowest BCUT2D eigenvalue weighted by atomic mass is 10.1. The highest BCUT2D eigenvalue weighted by molar-refractivity contribution is 5.94. The predicted octanol–water partition coefficient (Wildman–Crippen LogP) is 3.82. The third-order valence-electron chi connectivity index (χ3n) is 3.87. The van der Waals surface area contributed by atoms with Crippen LogP contribution in [0.15, 0.2) is 36.4 Å². The highest BCUT2D eigenvalue weighted by Crippen LogP contribution is 2.29. The molecule has 0 aliphatic rings. The minimum absolute atomic E-state index is 0.193. The summed E-state index contributed by atoms with van der Waals surface area (Å²) in [5.41, 5.74) is 1.42. The van der Waals surface area contributed by atoms with Gasteiger partial charge >= 0.3 is 0 Å². The third kappa shape index (κ3) is 5.54. The van der Waals surface area contributed by atoms with Gasteiger partial charge in [0.25, 0.3) is 5.91 Å². The number of amides is 1. The second-order valence-electron chi connectivity index (χ2n) is 5.82. The maximum atomic E-state index is 12.5. The molecule has 1 N–H and O–H groups in total. The van der Waals surface area contributed by atoms with Crippen LogP contribution in [0, 0.1) is 0 Å². The Morgan fingerprint density at radius 3 is 2.22 bits per heavy atom. The Morgan fingerprint density at radius 2 is 1.56 bits per heavy atom. The highest BCUT2D eigenvalue weighted by atomic mass is 16.5. The smallest absolute Gasteiger partial charge is 0.251 e. The van der Waals surface area contributed by atoms with Gasteiger partial charge in [-0.1, -0.05) is 13.0 Å². The van der Waals surface area contributed by atoms with E-state index in [4.69, 9.17) is 18.9 Å². The molecule has 2 aromatic rings. The molecule has 0 spiro atoms. The molecule has 0 aliphatic heterocycles. The number of methoxy groups -OCH3 is 2. The van der Waals surface area contributed by atoms with Crippen molar-refractivity contribution in [3.8, 4) is 23.0 Å². The van der Waals surface area contributed by atoms with Crippen molar-refractivity contribution in [2.75, 3.05) is 27.4 Å². The molecule has 0 saturated carbocycles. The van der Waals surface area contributed by atoms with Gasteiger partial charge in [0.05, 0.1) is 27.4 Å². The molecule has 27 heavy (non-hydrogen) atoms. The molecule has 2 aromatic carbocycles. The average molecular weight is 373 g/mol. The summed E-state index contributed by atoms with van der Waals surface area (Å²) in [5, 5.41) is 2.90. The molecule has 0 radical (unpaired) electrons. The van der Waals surface area contributed by atoms with Crippen LogP contribution in [0.5, 0.6) is 23.0 Å². The van der Waals surface area contributed by atoms with Crippen LogP contribution in [-0.4, -0.2) is 33.3 Å². The summed E-state index contributed by atoms with van der Waals surface area (Å²) in [5.74, 6) is 2.30. The van der Waals surface area contributed by atoms with Crippen molar-refractivity contribution in [2.24, 2.45) is 0 Å². The van der Waals surface area contributed by atoms with Gasteiger partial charge in [-0.2, -0.15) is 0 Å². The zero-order valence-corrected chi connectivity index (χ0v) is 16.3. The van der Waals surface area contributed by atoms with Crippen molar-refractivity contribution in [3.63, 3.8) is 0 Å². The van der Waals surface area contributed by atoms with Crippen molar-refractivity contribution in [3.05, 3.63) is 47.5 Å². The van der Waals surface area contributed by atoms with Gasteiger partial charge in [-0.05, 0) is 49.2 Å². The van der Waals surface area contributed by atoms with E-state index < -0.39 is 0 Å². The molecule has 0 aliphatic carbocycles.